The molecule has 0 saturated heterocycles. The average molecular weight is 209 g/mol. The molecule has 0 aliphatic rings. The van der Waals surface area contributed by atoms with Gasteiger partial charge in [0.1, 0.15) is 5.75 Å². The SMILES string of the molecule is C#CCCCCOc1ccccc1Cl. The van der Waals surface area contributed by atoms with Crippen molar-refractivity contribution in [2.75, 3.05) is 6.61 Å². The molecule has 0 amide bonds. The Morgan fingerprint density at radius 3 is 2.79 bits per heavy atom. The maximum absolute atomic E-state index is 5.91. The summed E-state index contributed by atoms with van der Waals surface area (Å²) in [5.74, 6) is 3.34. The number of benzene rings is 1. The van der Waals surface area contributed by atoms with Crippen LogP contribution in [0.1, 0.15) is 19.3 Å². The zero-order valence-corrected chi connectivity index (χ0v) is 8.76. The highest BCUT2D eigenvalue weighted by Gasteiger charge is 1.98. The van der Waals surface area contributed by atoms with Crippen LogP contribution in [0.4, 0.5) is 0 Å². The van der Waals surface area contributed by atoms with Crippen molar-refractivity contribution < 1.29 is 4.74 Å². The van der Waals surface area contributed by atoms with Crippen LogP contribution in [0, 0.1) is 12.3 Å². The summed E-state index contributed by atoms with van der Waals surface area (Å²) in [5, 5.41) is 0.657. The molecule has 0 unspecified atom stereocenters. The molecule has 2 heteroatoms. The molecule has 0 fully saturated rings. The van der Waals surface area contributed by atoms with Gasteiger partial charge in [-0.1, -0.05) is 23.7 Å². The van der Waals surface area contributed by atoms with E-state index in [0.29, 0.717) is 11.6 Å². The molecule has 0 radical (unpaired) electrons. The van der Waals surface area contributed by atoms with Crippen LogP contribution in [-0.2, 0) is 0 Å². The number of terminal acetylenes is 1. The molecule has 14 heavy (non-hydrogen) atoms. The van der Waals surface area contributed by atoms with E-state index in [1.54, 1.807) is 0 Å². The highest BCUT2D eigenvalue weighted by Crippen LogP contribution is 2.23. The lowest BCUT2D eigenvalue weighted by Gasteiger charge is -2.06. The first kappa shape index (κ1) is 10.9. The Bertz CT molecular complexity index is 314. The predicted octanol–water partition coefficient (Wildman–Crippen LogP) is 3.52. The summed E-state index contributed by atoms with van der Waals surface area (Å²) in [6, 6.07) is 7.47. The highest BCUT2D eigenvalue weighted by molar-refractivity contribution is 6.32. The molecule has 1 rings (SSSR count). The second kappa shape index (κ2) is 6.34. The van der Waals surface area contributed by atoms with Crippen molar-refractivity contribution in [2.24, 2.45) is 0 Å². The molecule has 0 saturated carbocycles. The number of para-hydroxylation sites is 1. The molecule has 0 aromatic heterocycles. The first-order valence-electron chi connectivity index (χ1n) is 4.65. The fourth-order valence-corrected chi connectivity index (χ4v) is 1.26. The fraction of sp³-hybridized carbons (Fsp3) is 0.333. The van der Waals surface area contributed by atoms with Gasteiger partial charge in [-0.3, -0.25) is 0 Å². The summed E-state index contributed by atoms with van der Waals surface area (Å²) in [6.07, 6.45) is 7.91. The largest absolute Gasteiger partial charge is 0.492 e. The van der Waals surface area contributed by atoms with Crippen LogP contribution in [0.2, 0.25) is 5.02 Å². The Morgan fingerprint density at radius 1 is 1.29 bits per heavy atom. The topological polar surface area (TPSA) is 9.23 Å². The standard InChI is InChI=1S/C12H13ClO/c1-2-3-4-7-10-14-12-9-6-5-8-11(12)13/h1,5-6,8-9H,3-4,7,10H2. The van der Waals surface area contributed by atoms with E-state index in [9.17, 15) is 0 Å². The van der Waals surface area contributed by atoms with Crippen LogP contribution < -0.4 is 4.74 Å². The Hall–Kier alpha value is -1.13. The lowest BCUT2D eigenvalue weighted by atomic mass is 10.2. The lowest BCUT2D eigenvalue weighted by Crippen LogP contribution is -1.97. The van der Waals surface area contributed by atoms with E-state index in [4.69, 9.17) is 22.8 Å². The minimum atomic E-state index is 0.657. The zero-order valence-electron chi connectivity index (χ0n) is 8.00. The molecule has 1 aromatic carbocycles. The van der Waals surface area contributed by atoms with E-state index in [1.165, 1.54) is 0 Å². The van der Waals surface area contributed by atoms with Gasteiger partial charge in [-0.05, 0) is 25.0 Å². The van der Waals surface area contributed by atoms with E-state index in [1.807, 2.05) is 24.3 Å². The number of hydrogen-bond donors (Lipinski definition) is 0. The van der Waals surface area contributed by atoms with E-state index in [0.717, 1.165) is 25.0 Å². The Labute approximate surface area is 90.0 Å². The summed E-state index contributed by atoms with van der Waals surface area (Å²) in [5.41, 5.74) is 0. The molecule has 0 atom stereocenters. The van der Waals surface area contributed by atoms with E-state index < -0.39 is 0 Å². The van der Waals surface area contributed by atoms with Crippen molar-refractivity contribution in [2.45, 2.75) is 19.3 Å². The predicted molar refractivity (Wildman–Crippen MR) is 59.6 cm³/mol. The molecular weight excluding hydrogens is 196 g/mol. The van der Waals surface area contributed by atoms with Crippen molar-refractivity contribution in [3.05, 3.63) is 29.3 Å². The van der Waals surface area contributed by atoms with Gasteiger partial charge in [0.25, 0.3) is 0 Å². The maximum atomic E-state index is 5.91. The molecule has 0 aliphatic heterocycles. The summed E-state index contributed by atoms with van der Waals surface area (Å²) in [7, 11) is 0. The van der Waals surface area contributed by atoms with Crippen molar-refractivity contribution >= 4 is 11.6 Å². The summed E-state index contributed by atoms with van der Waals surface area (Å²) in [6.45, 7) is 0.672. The van der Waals surface area contributed by atoms with Crippen LogP contribution in [0.5, 0.6) is 5.75 Å². The summed E-state index contributed by atoms with van der Waals surface area (Å²) in [4.78, 5) is 0. The molecule has 1 nitrogen and oxygen atoms in total. The quantitative estimate of drug-likeness (QED) is 0.532. The molecule has 0 aliphatic carbocycles. The summed E-state index contributed by atoms with van der Waals surface area (Å²) >= 11 is 5.91. The van der Waals surface area contributed by atoms with Gasteiger partial charge in [0.2, 0.25) is 0 Å². The zero-order chi connectivity index (χ0) is 10.2. The van der Waals surface area contributed by atoms with Gasteiger partial charge < -0.3 is 4.74 Å². The number of unbranched alkanes of at least 4 members (excludes halogenated alkanes) is 2. The maximum Gasteiger partial charge on any atom is 0.137 e. The van der Waals surface area contributed by atoms with Gasteiger partial charge in [0.15, 0.2) is 0 Å². The average Bonchev–Trinajstić information content (AvgIpc) is 2.20. The van der Waals surface area contributed by atoms with E-state index >= 15 is 0 Å². The smallest absolute Gasteiger partial charge is 0.137 e. The van der Waals surface area contributed by atoms with Crippen LogP contribution >= 0.6 is 11.6 Å². The minimum absolute atomic E-state index is 0.657. The molecular formula is C12H13ClO. The van der Waals surface area contributed by atoms with Crippen LogP contribution in [-0.4, -0.2) is 6.61 Å². The number of halogens is 1. The fourth-order valence-electron chi connectivity index (χ4n) is 1.07. The highest BCUT2D eigenvalue weighted by atomic mass is 35.5. The second-order valence-electron chi connectivity index (χ2n) is 2.94. The van der Waals surface area contributed by atoms with Gasteiger partial charge >= 0.3 is 0 Å². The summed E-state index contributed by atoms with van der Waals surface area (Å²) < 4.78 is 5.48. The number of hydrogen-bond acceptors (Lipinski definition) is 1. The lowest BCUT2D eigenvalue weighted by molar-refractivity contribution is 0.308. The third-order valence-corrected chi connectivity index (χ3v) is 2.12. The molecule has 0 bridgehead atoms. The van der Waals surface area contributed by atoms with Gasteiger partial charge in [-0.2, -0.15) is 0 Å². The van der Waals surface area contributed by atoms with Crippen molar-refractivity contribution in [1.29, 1.82) is 0 Å². The monoisotopic (exact) mass is 208 g/mol. The van der Waals surface area contributed by atoms with Gasteiger partial charge in [0, 0.05) is 6.42 Å². The van der Waals surface area contributed by atoms with Crippen molar-refractivity contribution in [3.8, 4) is 18.1 Å². The Morgan fingerprint density at radius 2 is 2.07 bits per heavy atom. The molecule has 74 valence electrons. The first-order valence-corrected chi connectivity index (χ1v) is 5.03. The number of rotatable bonds is 5. The van der Waals surface area contributed by atoms with Crippen LogP contribution in [0.3, 0.4) is 0 Å². The van der Waals surface area contributed by atoms with E-state index in [2.05, 4.69) is 5.92 Å². The Kier molecular flexibility index (Phi) is 4.96. The number of ether oxygens (including phenoxy) is 1. The molecule has 0 spiro atoms. The van der Waals surface area contributed by atoms with Crippen molar-refractivity contribution in [3.63, 3.8) is 0 Å². The Balaban J connectivity index is 2.25. The van der Waals surface area contributed by atoms with Gasteiger partial charge in [-0.15, -0.1) is 12.3 Å². The molecule has 0 N–H and O–H groups in total. The minimum Gasteiger partial charge on any atom is -0.492 e. The molecule has 1 aromatic rings. The normalized spacial score (nSPS) is 9.43. The third kappa shape index (κ3) is 3.72. The van der Waals surface area contributed by atoms with Crippen LogP contribution in [0.15, 0.2) is 24.3 Å². The molecule has 0 heterocycles. The van der Waals surface area contributed by atoms with E-state index in [-0.39, 0.29) is 0 Å². The van der Waals surface area contributed by atoms with Crippen LogP contribution in [0.25, 0.3) is 0 Å². The van der Waals surface area contributed by atoms with Crippen molar-refractivity contribution in [1.82, 2.24) is 0 Å². The van der Waals surface area contributed by atoms with Gasteiger partial charge in [-0.25, -0.2) is 0 Å². The third-order valence-electron chi connectivity index (χ3n) is 1.81. The van der Waals surface area contributed by atoms with Gasteiger partial charge in [0.05, 0.1) is 11.6 Å². The second-order valence-corrected chi connectivity index (χ2v) is 3.35. The first-order chi connectivity index (χ1) is 6.84.